The molecule has 2 aliphatic rings. The Hall–Kier alpha value is -2.63. The van der Waals surface area contributed by atoms with Crippen molar-refractivity contribution in [3.05, 3.63) is 41.5 Å². The van der Waals surface area contributed by atoms with Crippen LogP contribution in [-0.2, 0) is 14.3 Å². The van der Waals surface area contributed by atoms with Gasteiger partial charge in [0.05, 0.1) is 24.5 Å². The lowest BCUT2D eigenvalue weighted by Gasteiger charge is -2.13. The normalized spacial score (nSPS) is 21.0. The summed E-state index contributed by atoms with van der Waals surface area (Å²) in [5.74, 6) is -1.25. The monoisotopic (exact) mass is 370 g/mol. The first-order valence-electron chi connectivity index (χ1n) is 9.53. The highest BCUT2D eigenvalue weighted by molar-refractivity contribution is 6.00. The number of amides is 2. The largest absolute Gasteiger partial charge is 0.465 e. The molecule has 6 nitrogen and oxygen atoms in total. The van der Waals surface area contributed by atoms with Crippen LogP contribution < -0.4 is 10.6 Å². The van der Waals surface area contributed by atoms with Crippen LogP contribution in [0.1, 0.15) is 48.9 Å². The number of hydrogen-bond donors (Lipinski definition) is 2. The molecule has 144 valence electrons. The minimum Gasteiger partial charge on any atom is -0.465 e. The second-order valence-electron chi connectivity index (χ2n) is 7.16. The van der Waals surface area contributed by atoms with Gasteiger partial charge in [0.15, 0.2) is 0 Å². The molecule has 0 radical (unpaired) electrons. The summed E-state index contributed by atoms with van der Waals surface area (Å²) in [6.45, 7) is 0.636. The fourth-order valence-corrected chi connectivity index (χ4v) is 3.46. The Morgan fingerprint density at radius 1 is 1.15 bits per heavy atom. The van der Waals surface area contributed by atoms with Gasteiger partial charge in [0.1, 0.15) is 0 Å². The zero-order valence-electron chi connectivity index (χ0n) is 15.6. The Morgan fingerprint density at radius 3 is 2.70 bits per heavy atom. The van der Waals surface area contributed by atoms with Crippen LogP contribution >= 0.6 is 0 Å². The van der Waals surface area contributed by atoms with Crippen LogP contribution in [0.4, 0.5) is 5.69 Å². The molecule has 0 saturated heterocycles. The number of esters is 1. The molecule has 1 aromatic rings. The van der Waals surface area contributed by atoms with Crippen LogP contribution in [0.2, 0.25) is 0 Å². The molecule has 0 bridgehead atoms. The Balaban J connectivity index is 1.43. The van der Waals surface area contributed by atoms with Crippen LogP contribution in [0, 0.1) is 11.8 Å². The lowest BCUT2D eigenvalue weighted by Crippen LogP contribution is -2.28. The van der Waals surface area contributed by atoms with Gasteiger partial charge in [0.2, 0.25) is 11.8 Å². The number of anilines is 1. The summed E-state index contributed by atoms with van der Waals surface area (Å²) in [4.78, 5) is 36.1. The molecule has 2 unspecified atom stereocenters. The maximum Gasteiger partial charge on any atom is 0.337 e. The highest BCUT2D eigenvalue weighted by Gasteiger charge is 2.47. The molecular formula is C21H26N2O4. The van der Waals surface area contributed by atoms with Gasteiger partial charge in [-0.3, -0.25) is 9.59 Å². The predicted octanol–water partition coefficient (Wildman–Crippen LogP) is 3.05. The number of nitrogens with one attached hydrogen (secondary N) is 2. The van der Waals surface area contributed by atoms with Gasteiger partial charge < -0.3 is 15.4 Å². The Morgan fingerprint density at radius 2 is 1.96 bits per heavy atom. The predicted molar refractivity (Wildman–Crippen MR) is 102 cm³/mol. The van der Waals surface area contributed by atoms with E-state index < -0.39 is 5.97 Å². The van der Waals surface area contributed by atoms with Crippen LogP contribution in [0.5, 0.6) is 0 Å². The van der Waals surface area contributed by atoms with Crippen molar-refractivity contribution in [2.75, 3.05) is 19.0 Å². The van der Waals surface area contributed by atoms with Gasteiger partial charge in [0.25, 0.3) is 0 Å². The topological polar surface area (TPSA) is 84.5 Å². The smallest absolute Gasteiger partial charge is 0.337 e. The number of allylic oxidation sites excluding steroid dienone is 1. The third-order valence-corrected chi connectivity index (χ3v) is 5.15. The Labute approximate surface area is 159 Å². The van der Waals surface area contributed by atoms with Gasteiger partial charge in [-0.25, -0.2) is 4.79 Å². The SMILES string of the molecule is COC(=O)c1cccc(NC(=O)C2CC2C(=O)NCCC2=CCCCC2)c1. The molecule has 2 N–H and O–H groups in total. The summed E-state index contributed by atoms with van der Waals surface area (Å²) in [5.41, 5.74) is 2.33. The van der Waals surface area contributed by atoms with Gasteiger partial charge in [-0.15, -0.1) is 0 Å². The molecule has 0 aromatic heterocycles. The zero-order chi connectivity index (χ0) is 19.2. The molecule has 27 heavy (non-hydrogen) atoms. The maximum atomic E-state index is 12.3. The van der Waals surface area contributed by atoms with Gasteiger partial charge in [-0.2, -0.15) is 0 Å². The van der Waals surface area contributed by atoms with Crippen molar-refractivity contribution in [3.63, 3.8) is 0 Å². The number of rotatable bonds is 7. The molecular weight excluding hydrogens is 344 g/mol. The van der Waals surface area contributed by atoms with E-state index in [0.717, 1.165) is 19.3 Å². The number of benzene rings is 1. The molecule has 6 heteroatoms. The van der Waals surface area contributed by atoms with Crippen LogP contribution in [0.15, 0.2) is 35.9 Å². The number of hydrogen-bond acceptors (Lipinski definition) is 4. The van der Waals surface area contributed by atoms with Crippen LogP contribution in [0.25, 0.3) is 0 Å². The van der Waals surface area contributed by atoms with E-state index in [1.54, 1.807) is 24.3 Å². The van der Waals surface area contributed by atoms with Gasteiger partial charge in [-0.05, 0) is 56.7 Å². The number of methoxy groups -OCH3 is 1. The van der Waals surface area contributed by atoms with E-state index in [2.05, 4.69) is 21.4 Å². The van der Waals surface area contributed by atoms with Crippen LogP contribution in [-0.4, -0.2) is 31.4 Å². The van der Waals surface area contributed by atoms with E-state index in [1.165, 1.54) is 25.5 Å². The third kappa shape index (κ3) is 5.18. The van der Waals surface area contributed by atoms with E-state index in [-0.39, 0.29) is 23.7 Å². The second-order valence-corrected chi connectivity index (χ2v) is 7.16. The van der Waals surface area contributed by atoms with E-state index in [9.17, 15) is 14.4 Å². The highest BCUT2D eigenvalue weighted by Crippen LogP contribution is 2.39. The van der Waals surface area contributed by atoms with Gasteiger partial charge in [-0.1, -0.05) is 17.7 Å². The summed E-state index contributed by atoms with van der Waals surface area (Å²) in [6, 6.07) is 6.58. The first kappa shape index (κ1) is 19.1. The lowest BCUT2D eigenvalue weighted by molar-refractivity contribution is -0.125. The first-order valence-corrected chi connectivity index (χ1v) is 9.53. The number of ether oxygens (including phenoxy) is 1. The molecule has 1 aromatic carbocycles. The quantitative estimate of drug-likeness (QED) is 0.571. The zero-order valence-corrected chi connectivity index (χ0v) is 15.6. The van der Waals surface area contributed by atoms with Crippen molar-refractivity contribution in [1.29, 1.82) is 0 Å². The lowest BCUT2D eigenvalue weighted by atomic mass is 9.97. The minimum absolute atomic E-state index is 0.0464. The number of carbonyl (C=O) groups excluding carboxylic acids is 3. The van der Waals surface area contributed by atoms with Gasteiger partial charge in [0, 0.05) is 12.2 Å². The second kappa shape index (κ2) is 8.84. The van der Waals surface area contributed by atoms with Crippen molar-refractivity contribution < 1.29 is 19.1 Å². The summed E-state index contributed by atoms with van der Waals surface area (Å²) >= 11 is 0. The van der Waals surface area contributed by atoms with Crippen LogP contribution in [0.3, 0.4) is 0 Å². The molecule has 1 saturated carbocycles. The molecule has 2 aliphatic carbocycles. The Kier molecular flexibility index (Phi) is 6.27. The minimum atomic E-state index is -0.456. The average molecular weight is 370 g/mol. The summed E-state index contributed by atoms with van der Waals surface area (Å²) in [6.07, 6.45) is 8.53. The van der Waals surface area contributed by atoms with E-state index in [0.29, 0.717) is 24.2 Å². The van der Waals surface area contributed by atoms with Gasteiger partial charge >= 0.3 is 5.97 Å². The molecule has 1 fully saturated rings. The fraction of sp³-hybridized carbons (Fsp3) is 0.476. The summed E-state index contributed by atoms with van der Waals surface area (Å²) in [5, 5.41) is 5.73. The molecule has 0 aliphatic heterocycles. The van der Waals surface area contributed by atoms with Crippen molar-refractivity contribution in [3.8, 4) is 0 Å². The Bertz CT molecular complexity index is 756. The van der Waals surface area contributed by atoms with E-state index in [4.69, 9.17) is 0 Å². The highest BCUT2D eigenvalue weighted by atomic mass is 16.5. The molecule has 3 rings (SSSR count). The maximum absolute atomic E-state index is 12.3. The summed E-state index contributed by atoms with van der Waals surface area (Å²) in [7, 11) is 1.31. The van der Waals surface area contributed by atoms with E-state index >= 15 is 0 Å². The molecule has 2 amide bonds. The van der Waals surface area contributed by atoms with Crippen molar-refractivity contribution in [1.82, 2.24) is 5.32 Å². The van der Waals surface area contributed by atoms with Crippen molar-refractivity contribution in [2.45, 2.75) is 38.5 Å². The number of carbonyl (C=O) groups is 3. The first-order chi connectivity index (χ1) is 13.1. The third-order valence-electron chi connectivity index (χ3n) is 5.15. The van der Waals surface area contributed by atoms with Crippen molar-refractivity contribution in [2.24, 2.45) is 11.8 Å². The summed E-state index contributed by atoms with van der Waals surface area (Å²) < 4.78 is 4.68. The molecule has 0 spiro atoms. The molecule has 0 heterocycles. The van der Waals surface area contributed by atoms with E-state index in [1.807, 2.05) is 0 Å². The fourth-order valence-electron chi connectivity index (χ4n) is 3.46. The average Bonchev–Trinajstić information content (AvgIpc) is 3.49. The standard InChI is InChI=1S/C21H26N2O4/c1-27-21(26)15-8-5-9-16(12-15)23-20(25)18-13-17(18)19(24)22-11-10-14-6-3-2-4-7-14/h5-6,8-9,12,17-18H,2-4,7,10-11,13H2,1H3,(H,22,24)(H,23,25). The molecule has 2 atom stereocenters. The van der Waals surface area contributed by atoms with Crippen molar-refractivity contribution >= 4 is 23.5 Å².